The molecule has 134 valence electrons. The molecule has 0 radical (unpaired) electrons. The number of aliphatic hydroxyl groups is 2. The third kappa shape index (κ3) is 2.87. The van der Waals surface area contributed by atoms with Gasteiger partial charge < -0.3 is 30.5 Å². The number of carboxylic acid groups (broad SMARTS) is 1. The molecule has 1 aliphatic heterocycles. The van der Waals surface area contributed by atoms with Gasteiger partial charge in [-0.1, -0.05) is 0 Å². The smallest absolute Gasteiger partial charge is 0.330 e. The van der Waals surface area contributed by atoms with Gasteiger partial charge in [0.05, 0.1) is 13.0 Å². The minimum atomic E-state index is -1.71. The molecule has 11 heteroatoms. The van der Waals surface area contributed by atoms with Crippen LogP contribution >= 0.6 is 0 Å². The molecule has 0 aliphatic carbocycles. The number of nitrogens with one attached hydrogen (secondary N) is 1. The molecule has 0 spiro atoms. The Bertz CT molecular complexity index is 729. The summed E-state index contributed by atoms with van der Waals surface area (Å²) in [7, 11) is 1.26. The molecule has 2 rings (SSSR count). The lowest BCUT2D eigenvalue weighted by atomic mass is 10.0. The third-order valence-corrected chi connectivity index (χ3v) is 3.98. The number of methoxy groups -OCH3 is 1. The normalized spacial score (nSPS) is 29.8. The van der Waals surface area contributed by atoms with E-state index in [-0.39, 0.29) is 12.1 Å². The SMILES string of the molecule is CO[C@@H]1[C@H](O)[C@@H](CO)O[C@@]1(CN)n1cc(CC(=O)O)c(=O)[nH]c1=O. The molecule has 0 unspecified atom stereocenters. The number of nitrogens with two attached hydrogens (primary N) is 1. The Morgan fingerprint density at radius 2 is 2.21 bits per heavy atom. The average molecular weight is 345 g/mol. The Kier molecular flexibility index (Phi) is 5.20. The van der Waals surface area contributed by atoms with E-state index in [1.807, 2.05) is 4.98 Å². The lowest BCUT2D eigenvalue weighted by molar-refractivity contribution is -0.151. The molecule has 4 atom stereocenters. The van der Waals surface area contributed by atoms with Gasteiger partial charge in [0.2, 0.25) is 0 Å². The number of aliphatic carboxylic acids is 1. The summed E-state index contributed by atoms with van der Waals surface area (Å²) in [6, 6.07) is 0. The first-order chi connectivity index (χ1) is 11.3. The maximum Gasteiger partial charge on any atom is 0.330 e. The number of aromatic amines is 1. The number of carboxylic acids is 1. The molecule has 0 saturated carbocycles. The van der Waals surface area contributed by atoms with E-state index in [2.05, 4.69) is 0 Å². The fourth-order valence-electron chi connectivity index (χ4n) is 2.87. The molecule has 6 N–H and O–H groups in total. The van der Waals surface area contributed by atoms with E-state index in [9.17, 15) is 24.6 Å². The Labute approximate surface area is 135 Å². The van der Waals surface area contributed by atoms with E-state index in [4.69, 9.17) is 20.3 Å². The van der Waals surface area contributed by atoms with Crippen LogP contribution in [0.2, 0.25) is 0 Å². The third-order valence-electron chi connectivity index (χ3n) is 3.98. The highest BCUT2D eigenvalue weighted by Crippen LogP contribution is 2.35. The number of ether oxygens (including phenoxy) is 2. The van der Waals surface area contributed by atoms with Crippen molar-refractivity contribution in [2.24, 2.45) is 5.73 Å². The Hall–Kier alpha value is -2.05. The van der Waals surface area contributed by atoms with Gasteiger partial charge in [-0.2, -0.15) is 0 Å². The maximum atomic E-state index is 12.2. The first-order valence-electron chi connectivity index (χ1n) is 7.07. The van der Waals surface area contributed by atoms with Crippen LogP contribution < -0.4 is 17.0 Å². The quantitative estimate of drug-likeness (QED) is 0.350. The topological polar surface area (TPSA) is 177 Å². The lowest BCUT2D eigenvalue weighted by Gasteiger charge is -2.34. The van der Waals surface area contributed by atoms with Crippen LogP contribution in [-0.2, 0) is 26.4 Å². The number of aromatic nitrogens is 2. The Balaban J connectivity index is 2.64. The van der Waals surface area contributed by atoms with Crippen LogP contribution in [0.25, 0.3) is 0 Å². The highest BCUT2D eigenvalue weighted by Gasteiger charge is 2.56. The zero-order valence-corrected chi connectivity index (χ0v) is 12.8. The van der Waals surface area contributed by atoms with Gasteiger partial charge in [-0.3, -0.25) is 19.1 Å². The van der Waals surface area contributed by atoms with Crippen LogP contribution in [0.3, 0.4) is 0 Å². The summed E-state index contributed by atoms with van der Waals surface area (Å²) in [5.41, 5.74) is 2.07. The van der Waals surface area contributed by atoms with Crippen molar-refractivity contribution < 1.29 is 29.6 Å². The molecule has 0 aromatic carbocycles. The molecule has 1 fully saturated rings. The van der Waals surface area contributed by atoms with Crippen LogP contribution in [0.1, 0.15) is 5.56 Å². The maximum absolute atomic E-state index is 12.2. The Morgan fingerprint density at radius 3 is 2.71 bits per heavy atom. The monoisotopic (exact) mass is 345 g/mol. The van der Waals surface area contributed by atoms with E-state index >= 15 is 0 Å². The minimum Gasteiger partial charge on any atom is -0.481 e. The van der Waals surface area contributed by atoms with E-state index in [1.54, 1.807) is 0 Å². The van der Waals surface area contributed by atoms with Gasteiger partial charge in [0.1, 0.15) is 18.3 Å². The summed E-state index contributed by atoms with van der Waals surface area (Å²) >= 11 is 0. The van der Waals surface area contributed by atoms with Crippen molar-refractivity contribution in [2.75, 3.05) is 20.3 Å². The summed E-state index contributed by atoms with van der Waals surface area (Å²) in [5, 5.41) is 28.4. The number of H-pyrrole nitrogens is 1. The van der Waals surface area contributed by atoms with Gasteiger partial charge >= 0.3 is 11.7 Å². The van der Waals surface area contributed by atoms with Crippen LogP contribution in [0.5, 0.6) is 0 Å². The summed E-state index contributed by atoms with van der Waals surface area (Å²) in [5.74, 6) is -1.27. The van der Waals surface area contributed by atoms with Crippen molar-refractivity contribution in [1.82, 2.24) is 9.55 Å². The fourth-order valence-corrected chi connectivity index (χ4v) is 2.87. The summed E-state index contributed by atoms with van der Waals surface area (Å²) in [6.07, 6.45) is -3.09. The highest BCUT2D eigenvalue weighted by molar-refractivity contribution is 5.69. The molecular formula is C13H19N3O8. The van der Waals surface area contributed by atoms with Gasteiger partial charge in [-0.15, -0.1) is 0 Å². The fraction of sp³-hybridized carbons (Fsp3) is 0.615. The predicted molar refractivity (Wildman–Crippen MR) is 78.5 cm³/mol. The number of nitrogens with zero attached hydrogens (tertiary/aromatic N) is 1. The highest BCUT2D eigenvalue weighted by atomic mass is 16.6. The minimum absolute atomic E-state index is 0.199. The molecule has 24 heavy (non-hydrogen) atoms. The second-order valence-corrected chi connectivity index (χ2v) is 5.39. The second-order valence-electron chi connectivity index (χ2n) is 5.39. The van der Waals surface area contributed by atoms with Gasteiger partial charge in [0, 0.05) is 25.4 Å². The number of hydrogen-bond acceptors (Lipinski definition) is 8. The van der Waals surface area contributed by atoms with E-state index in [1.165, 1.54) is 7.11 Å². The summed E-state index contributed by atoms with van der Waals surface area (Å²) in [6.45, 7) is -0.888. The number of carbonyl (C=O) groups is 1. The number of hydrogen-bond donors (Lipinski definition) is 5. The van der Waals surface area contributed by atoms with Gasteiger partial charge in [0.15, 0.2) is 5.72 Å². The van der Waals surface area contributed by atoms with Crippen molar-refractivity contribution in [3.8, 4) is 0 Å². The largest absolute Gasteiger partial charge is 0.481 e. The first-order valence-corrected chi connectivity index (χ1v) is 7.07. The molecule has 2 heterocycles. The van der Waals surface area contributed by atoms with E-state index in [0.717, 1.165) is 10.8 Å². The van der Waals surface area contributed by atoms with Crippen LogP contribution in [0.15, 0.2) is 15.8 Å². The molecule has 1 aromatic heterocycles. The summed E-state index contributed by atoms with van der Waals surface area (Å²) < 4.78 is 11.7. The number of aliphatic hydroxyl groups excluding tert-OH is 2. The van der Waals surface area contributed by atoms with Gasteiger partial charge in [-0.05, 0) is 0 Å². The molecule has 0 amide bonds. The van der Waals surface area contributed by atoms with Crippen molar-refractivity contribution in [1.29, 1.82) is 0 Å². The molecule has 1 aliphatic rings. The zero-order chi connectivity index (χ0) is 18.1. The van der Waals surface area contributed by atoms with Crippen LogP contribution in [0.4, 0.5) is 0 Å². The second kappa shape index (κ2) is 6.83. The van der Waals surface area contributed by atoms with Crippen LogP contribution in [0, 0.1) is 0 Å². The number of rotatable bonds is 6. The summed E-state index contributed by atoms with van der Waals surface area (Å²) in [4.78, 5) is 36.8. The van der Waals surface area contributed by atoms with E-state index < -0.39 is 54.3 Å². The van der Waals surface area contributed by atoms with Crippen molar-refractivity contribution in [3.05, 3.63) is 32.6 Å². The van der Waals surface area contributed by atoms with Crippen LogP contribution in [-0.4, -0.2) is 69.4 Å². The van der Waals surface area contributed by atoms with Gasteiger partial charge in [-0.25, -0.2) is 4.79 Å². The molecule has 11 nitrogen and oxygen atoms in total. The molecule has 1 aromatic rings. The lowest BCUT2D eigenvalue weighted by Crippen LogP contribution is -2.56. The first kappa shape index (κ1) is 18.3. The van der Waals surface area contributed by atoms with Crippen molar-refractivity contribution in [2.45, 2.75) is 30.5 Å². The average Bonchev–Trinajstić information content (AvgIpc) is 2.81. The molecule has 0 bridgehead atoms. The standard InChI is InChI=1S/C13H19N3O8/c1-23-10-9(20)7(4-17)24-13(10,5-14)16-3-6(2-8(18)19)11(21)15-12(16)22/h3,7,9-10,17,20H,2,4-5,14H2,1H3,(H,18,19)(H,15,21,22)/t7-,9-,10-,13-/m1/s1. The van der Waals surface area contributed by atoms with E-state index in [0.29, 0.717) is 0 Å². The van der Waals surface area contributed by atoms with Gasteiger partial charge in [0.25, 0.3) is 5.56 Å². The predicted octanol–water partition coefficient (Wildman–Crippen LogP) is -3.46. The van der Waals surface area contributed by atoms with Crippen molar-refractivity contribution in [3.63, 3.8) is 0 Å². The molecule has 1 saturated heterocycles. The molecular weight excluding hydrogens is 326 g/mol. The van der Waals surface area contributed by atoms with Crippen molar-refractivity contribution >= 4 is 5.97 Å². The zero-order valence-electron chi connectivity index (χ0n) is 12.8. The Morgan fingerprint density at radius 1 is 1.54 bits per heavy atom.